The second kappa shape index (κ2) is 8.08. The molecule has 2 atom stereocenters. The molecule has 2 unspecified atom stereocenters. The number of halogens is 1. The fourth-order valence-electron chi connectivity index (χ4n) is 3.51. The maximum atomic E-state index is 10.9. The van der Waals surface area contributed by atoms with E-state index < -0.39 is 4.92 Å². The van der Waals surface area contributed by atoms with E-state index >= 15 is 0 Å². The number of rotatable bonds is 3. The van der Waals surface area contributed by atoms with Crippen molar-refractivity contribution in [3.63, 3.8) is 0 Å². The van der Waals surface area contributed by atoms with E-state index in [2.05, 4.69) is 23.7 Å². The highest BCUT2D eigenvalue weighted by molar-refractivity contribution is 5.91. The summed E-state index contributed by atoms with van der Waals surface area (Å²) in [6.45, 7) is 5.63. The van der Waals surface area contributed by atoms with Crippen molar-refractivity contribution in [2.75, 3.05) is 18.0 Å². The highest BCUT2D eigenvalue weighted by atomic mass is 35.5. The summed E-state index contributed by atoms with van der Waals surface area (Å²) in [6.07, 6.45) is 0.232. The number of hydrogen-bond donors (Lipinski definition) is 0. The molecule has 1 fully saturated rings. The van der Waals surface area contributed by atoms with Gasteiger partial charge in [0.15, 0.2) is 5.82 Å². The van der Waals surface area contributed by atoms with Gasteiger partial charge in [-0.25, -0.2) is 9.97 Å². The Morgan fingerprint density at radius 2 is 1.68 bits per heavy atom. The highest BCUT2D eigenvalue weighted by Gasteiger charge is 2.25. The minimum atomic E-state index is -0.410. The fraction of sp³-hybridized carbons (Fsp3) is 0.300. The van der Waals surface area contributed by atoms with Crippen LogP contribution in [0.4, 0.5) is 11.5 Å². The van der Waals surface area contributed by atoms with E-state index in [4.69, 9.17) is 9.72 Å². The Balaban J connectivity index is 0.00000225. The molecule has 0 spiro atoms. The molecular weight excluding hydrogens is 380 g/mol. The average molecular weight is 401 g/mol. The van der Waals surface area contributed by atoms with Crippen LogP contribution >= 0.6 is 12.4 Å². The van der Waals surface area contributed by atoms with Gasteiger partial charge in [0.1, 0.15) is 5.82 Å². The molecule has 2 heterocycles. The normalized spacial score (nSPS) is 19.3. The van der Waals surface area contributed by atoms with Crippen LogP contribution in [0.1, 0.15) is 13.8 Å². The van der Waals surface area contributed by atoms with Gasteiger partial charge in [0.2, 0.25) is 0 Å². The Morgan fingerprint density at radius 3 is 2.32 bits per heavy atom. The summed E-state index contributed by atoms with van der Waals surface area (Å²) in [7, 11) is 0. The maximum Gasteiger partial charge on any atom is 0.269 e. The van der Waals surface area contributed by atoms with E-state index in [1.54, 1.807) is 12.1 Å². The number of para-hydroxylation sites is 1. The van der Waals surface area contributed by atoms with Gasteiger partial charge < -0.3 is 9.64 Å². The molecule has 1 aromatic heterocycles. The molecule has 0 N–H and O–H groups in total. The van der Waals surface area contributed by atoms with Crippen LogP contribution in [0, 0.1) is 10.1 Å². The molecule has 4 rings (SSSR count). The monoisotopic (exact) mass is 400 g/mol. The predicted octanol–water partition coefficient (Wildman–Crippen LogP) is 4.24. The Morgan fingerprint density at radius 1 is 1.04 bits per heavy atom. The number of ether oxygens (including phenoxy) is 1. The molecule has 0 amide bonds. The Labute approximate surface area is 168 Å². The lowest BCUT2D eigenvalue weighted by atomic mass is 10.1. The lowest BCUT2D eigenvalue weighted by molar-refractivity contribution is -0.384. The lowest BCUT2D eigenvalue weighted by Gasteiger charge is -2.36. The SMILES string of the molecule is CC1CN(c2nc(-c3ccc([N+](=O)[O-])cc3)nc3ccccc23)CC(C)O1.Cl. The minimum Gasteiger partial charge on any atom is -0.372 e. The number of non-ortho nitro benzene ring substituents is 1. The van der Waals surface area contributed by atoms with Gasteiger partial charge in [-0.1, -0.05) is 12.1 Å². The van der Waals surface area contributed by atoms with Gasteiger partial charge >= 0.3 is 0 Å². The predicted molar refractivity (Wildman–Crippen MR) is 111 cm³/mol. The molecule has 28 heavy (non-hydrogen) atoms. The number of benzene rings is 2. The zero-order chi connectivity index (χ0) is 19.0. The summed E-state index contributed by atoms with van der Waals surface area (Å²) in [6, 6.07) is 14.3. The average Bonchev–Trinajstić information content (AvgIpc) is 2.66. The van der Waals surface area contributed by atoms with Gasteiger partial charge in [-0.15, -0.1) is 12.4 Å². The fourth-order valence-corrected chi connectivity index (χ4v) is 3.51. The number of nitro benzene ring substituents is 1. The first-order valence-corrected chi connectivity index (χ1v) is 8.93. The van der Waals surface area contributed by atoms with Gasteiger partial charge in [-0.2, -0.15) is 0 Å². The number of aromatic nitrogens is 2. The molecule has 0 saturated carbocycles. The first-order valence-electron chi connectivity index (χ1n) is 8.93. The smallest absolute Gasteiger partial charge is 0.269 e. The third-order valence-corrected chi connectivity index (χ3v) is 4.64. The molecule has 0 aliphatic carbocycles. The van der Waals surface area contributed by atoms with Crippen molar-refractivity contribution in [1.82, 2.24) is 9.97 Å². The second-order valence-corrected chi connectivity index (χ2v) is 6.85. The lowest BCUT2D eigenvalue weighted by Crippen LogP contribution is -2.46. The van der Waals surface area contributed by atoms with Crippen LogP contribution in [0.3, 0.4) is 0 Å². The zero-order valence-corrected chi connectivity index (χ0v) is 16.4. The number of nitrogens with zero attached hydrogens (tertiary/aromatic N) is 4. The molecular formula is C20H21ClN4O3. The highest BCUT2D eigenvalue weighted by Crippen LogP contribution is 2.30. The quantitative estimate of drug-likeness (QED) is 0.483. The summed E-state index contributed by atoms with van der Waals surface area (Å²) in [5.41, 5.74) is 1.65. The number of morpholine rings is 1. The van der Waals surface area contributed by atoms with Gasteiger partial charge in [0.05, 0.1) is 22.6 Å². The molecule has 146 valence electrons. The first-order chi connectivity index (χ1) is 13.0. The van der Waals surface area contributed by atoms with Crippen molar-refractivity contribution in [2.24, 2.45) is 0 Å². The van der Waals surface area contributed by atoms with Crippen molar-refractivity contribution in [3.8, 4) is 11.4 Å². The van der Waals surface area contributed by atoms with Gasteiger partial charge in [-0.05, 0) is 38.1 Å². The second-order valence-electron chi connectivity index (χ2n) is 6.85. The largest absolute Gasteiger partial charge is 0.372 e. The molecule has 1 aliphatic rings. The minimum absolute atomic E-state index is 0. The van der Waals surface area contributed by atoms with E-state index in [1.807, 2.05) is 24.3 Å². The van der Waals surface area contributed by atoms with Gasteiger partial charge in [0, 0.05) is 36.2 Å². The van der Waals surface area contributed by atoms with E-state index in [-0.39, 0.29) is 30.3 Å². The molecule has 2 aromatic carbocycles. The molecule has 3 aromatic rings. The first kappa shape index (κ1) is 20.0. The summed E-state index contributed by atoms with van der Waals surface area (Å²) < 4.78 is 5.85. The third-order valence-electron chi connectivity index (χ3n) is 4.64. The van der Waals surface area contributed by atoms with Crippen LogP contribution in [0.15, 0.2) is 48.5 Å². The van der Waals surface area contributed by atoms with Crippen LogP contribution in [0.2, 0.25) is 0 Å². The third kappa shape index (κ3) is 3.90. The van der Waals surface area contributed by atoms with Gasteiger partial charge in [0.25, 0.3) is 5.69 Å². The van der Waals surface area contributed by atoms with Crippen LogP contribution in [-0.4, -0.2) is 40.2 Å². The topological polar surface area (TPSA) is 81.4 Å². The summed E-state index contributed by atoms with van der Waals surface area (Å²) in [5.74, 6) is 1.43. The number of hydrogen-bond acceptors (Lipinski definition) is 6. The standard InChI is InChI=1S/C20H20N4O3.ClH/c1-13-11-23(12-14(2)27-13)20-17-5-3-4-6-18(17)21-19(22-20)15-7-9-16(10-8-15)24(25)26;/h3-10,13-14H,11-12H2,1-2H3;1H. The van der Waals surface area contributed by atoms with Crippen molar-refractivity contribution in [1.29, 1.82) is 0 Å². The summed E-state index contributed by atoms with van der Waals surface area (Å²) in [4.78, 5) is 22.2. The number of fused-ring (bicyclic) bond motifs is 1. The molecule has 7 nitrogen and oxygen atoms in total. The van der Waals surface area contributed by atoms with Crippen molar-refractivity contribution >= 4 is 34.8 Å². The van der Waals surface area contributed by atoms with Crippen LogP contribution in [0.25, 0.3) is 22.3 Å². The summed E-state index contributed by atoms with van der Waals surface area (Å²) >= 11 is 0. The molecule has 8 heteroatoms. The molecule has 1 aliphatic heterocycles. The van der Waals surface area contributed by atoms with E-state index in [0.29, 0.717) is 5.82 Å². The van der Waals surface area contributed by atoms with Crippen molar-refractivity contribution in [2.45, 2.75) is 26.1 Å². The van der Waals surface area contributed by atoms with E-state index in [9.17, 15) is 10.1 Å². The molecule has 0 bridgehead atoms. The number of nitro groups is 1. The number of anilines is 1. The molecule has 1 saturated heterocycles. The van der Waals surface area contributed by atoms with Crippen LogP contribution in [0.5, 0.6) is 0 Å². The summed E-state index contributed by atoms with van der Waals surface area (Å²) in [5, 5.41) is 11.9. The van der Waals surface area contributed by atoms with E-state index in [0.717, 1.165) is 35.4 Å². The van der Waals surface area contributed by atoms with Crippen LogP contribution < -0.4 is 4.90 Å². The van der Waals surface area contributed by atoms with Gasteiger partial charge in [-0.3, -0.25) is 10.1 Å². The maximum absolute atomic E-state index is 10.9. The van der Waals surface area contributed by atoms with E-state index in [1.165, 1.54) is 12.1 Å². The van der Waals surface area contributed by atoms with Crippen molar-refractivity contribution < 1.29 is 9.66 Å². The van der Waals surface area contributed by atoms with Crippen LogP contribution in [-0.2, 0) is 4.74 Å². The Kier molecular flexibility index (Phi) is 5.76. The molecule has 0 radical (unpaired) electrons. The zero-order valence-electron chi connectivity index (χ0n) is 15.6. The Hall–Kier alpha value is -2.77. The Bertz CT molecular complexity index is 986. The van der Waals surface area contributed by atoms with Crippen molar-refractivity contribution in [3.05, 3.63) is 58.6 Å².